The van der Waals surface area contributed by atoms with Crippen LogP contribution in [0.3, 0.4) is 0 Å². The Labute approximate surface area is 150 Å². The van der Waals surface area contributed by atoms with Crippen LogP contribution in [0.15, 0.2) is 34.5 Å². The predicted octanol–water partition coefficient (Wildman–Crippen LogP) is 2.99. The molecule has 1 saturated heterocycles. The molecule has 0 amide bonds. The number of sulfonamides is 1. The van der Waals surface area contributed by atoms with Crippen molar-refractivity contribution in [3.63, 3.8) is 0 Å². The van der Waals surface area contributed by atoms with Gasteiger partial charge in [-0.2, -0.15) is 0 Å². The molecule has 24 heavy (non-hydrogen) atoms. The average molecular weight is 385 g/mol. The van der Waals surface area contributed by atoms with Crippen LogP contribution in [0.5, 0.6) is 0 Å². The van der Waals surface area contributed by atoms with Crippen molar-refractivity contribution in [3.8, 4) is 0 Å². The van der Waals surface area contributed by atoms with E-state index in [0.29, 0.717) is 24.1 Å². The number of benzene rings is 1. The van der Waals surface area contributed by atoms with Crippen molar-refractivity contribution in [3.05, 3.63) is 40.2 Å². The second kappa shape index (κ2) is 6.22. The van der Waals surface area contributed by atoms with E-state index in [2.05, 4.69) is 11.0 Å². The molecule has 0 atom stereocenters. The summed E-state index contributed by atoms with van der Waals surface area (Å²) in [6, 6.07) is 9.30. The molecule has 0 aliphatic carbocycles. The van der Waals surface area contributed by atoms with Crippen molar-refractivity contribution in [1.29, 1.82) is 0 Å². The summed E-state index contributed by atoms with van der Waals surface area (Å²) in [4.78, 5) is 2.23. The van der Waals surface area contributed by atoms with Gasteiger partial charge < -0.3 is 9.64 Å². The van der Waals surface area contributed by atoms with E-state index >= 15 is 0 Å². The summed E-state index contributed by atoms with van der Waals surface area (Å²) in [5.41, 5.74) is 2.89. The van der Waals surface area contributed by atoms with E-state index in [1.807, 2.05) is 12.1 Å². The molecule has 0 bridgehead atoms. The Morgan fingerprint density at radius 3 is 2.58 bits per heavy atom. The third kappa shape index (κ3) is 2.79. The lowest BCUT2D eigenvalue weighted by atomic mass is 10.1. The molecule has 3 heterocycles. The minimum absolute atomic E-state index is 0.289. The first kappa shape index (κ1) is 16.2. The number of hydrogen-bond acceptors (Lipinski definition) is 5. The van der Waals surface area contributed by atoms with Gasteiger partial charge in [0.1, 0.15) is 4.21 Å². The van der Waals surface area contributed by atoms with Crippen molar-refractivity contribution in [2.75, 3.05) is 42.1 Å². The molecule has 8 heteroatoms. The third-order valence-corrected chi connectivity index (χ3v) is 7.90. The van der Waals surface area contributed by atoms with Gasteiger partial charge >= 0.3 is 0 Å². The lowest BCUT2D eigenvalue weighted by Gasteiger charge is -2.29. The Morgan fingerprint density at radius 2 is 1.88 bits per heavy atom. The standard InChI is InChI=1S/C16H17ClN2O3S2/c17-15-3-4-16(23-15)24(20,21)19-6-5-12-1-2-13(11-14(12)19)18-7-9-22-10-8-18/h1-4,11H,5-10H2. The summed E-state index contributed by atoms with van der Waals surface area (Å²) in [6.07, 6.45) is 0.733. The molecule has 1 aromatic carbocycles. The van der Waals surface area contributed by atoms with Gasteiger partial charge in [-0.1, -0.05) is 17.7 Å². The molecule has 5 nitrogen and oxygen atoms in total. The topological polar surface area (TPSA) is 49.9 Å². The summed E-state index contributed by atoms with van der Waals surface area (Å²) in [7, 11) is -3.55. The van der Waals surface area contributed by atoms with E-state index in [1.54, 1.807) is 12.1 Å². The van der Waals surface area contributed by atoms with E-state index in [4.69, 9.17) is 16.3 Å². The second-order valence-electron chi connectivity index (χ2n) is 5.80. The van der Waals surface area contributed by atoms with Gasteiger partial charge in [0.15, 0.2) is 0 Å². The first-order valence-electron chi connectivity index (χ1n) is 7.79. The predicted molar refractivity (Wildman–Crippen MR) is 97.0 cm³/mol. The summed E-state index contributed by atoms with van der Waals surface area (Å²) in [5, 5.41) is 0. The quantitative estimate of drug-likeness (QED) is 0.816. The van der Waals surface area contributed by atoms with Gasteiger partial charge in [-0.3, -0.25) is 4.31 Å². The van der Waals surface area contributed by atoms with E-state index in [1.165, 1.54) is 4.31 Å². The molecule has 0 saturated carbocycles. The Hall–Kier alpha value is -1.28. The molecule has 2 aromatic rings. The molecular formula is C16H17ClN2O3S2. The fourth-order valence-corrected chi connectivity index (χ4v) is 6.24. The van der Waals surface area contributed by atoms with Crippen molar-refractivity contribution in [2.45, 2.75) is 10.6 Å². The molecule has 0 unspecified atom stereocenters. The van der Waals surface area contributed by atoms with E-state index in [0.717, 1.165) is 47.8 Å². The van der Waals surface area contributed by atoms with E-state index in [-0.39, 0.29) is 4.21 Å². The Morgan fingerprint density at radius 1 is 1.08 bits per heavy atom. The highest BCUT2D eigenvalue weighted by Gasteiger charge is 2.32. The SMILES string of the molecule is O=S(=O)(c1ccc(Cl)s1)N1CCc2ccc(N3CCOCC3)cc21. The highest BCUT2D eigenvalue weighted by atomic mass is 35.5. The van der Waals surface area contributed by atoms with Crippen LogP contribution in [-0.2, 0) is 21.2 Å². The molecular weight excluding hydrogens is 368 g/mol. The molecule has 0 spiro atoms. The van der Waals surface area contributed by atoms with Crippen LogP contribution in [0.2, 0.25) is 4.34 Å². The van der Waals surface area contributed by atoms with Gasteiger partial charge in [-0.25, -0.2) is 8.42 Å². The third-order valence-electron chi connectivity index (χ3n) is 4.39. The van der Waals surface area contributed by atoms with Crippen molar-refractivity contribution in [2.24, 2.45) is 0 Å². The highest BCUT2D eigenvalue weighted by Crippen LogP contribution is 2.38. The van der Waals surface area contributed by atoms with Gasteiger partial charge in [-0.15, -0.1) is 11.3 Å². The molecule has 2 aliphatic heterocycles. The van der Waals surface area contributed by atoms with Crippen LogP contribution in [-0.4, -0.2) is 41.3 Å². The lowest BCUT2D eigenvalue weighted by Crippen LogP contribution is -2.36. The maximum Gasteiger partial charge on any atom is 0.273 e. The molecule has 0 radical (unpaired) electrons. The fraction of sp³-hybridized carbons (Fsp3) is 0.375. The Balaban J connectivity index is 1.70. The minimum atomic E-state index is -3.55. The van der Waals surface area contributed by atoms with Gasteiger partial charge in [0.25, 0.3) is 10.0 Å². The van der Waals surface area contributed by atoms with Crippen LogP contribution < -0.4 is 9.21 Å². The van der Waals surface area contributed by atoms with Crippen LogP contribution in [0.1, 0.15) is 5.56 Å². The number of fused-ring (bicyclic) bond motifs is 1. The maximum absolute atomic E-state index is 12.9. The summed E-state index contributed by atoms with van der Waals surface area (Å²) >= 11 is 7.01. The number of nitrogens with zero attached hydrogens (tertiary/aromatic N) is 2. The molecule has 1 fully saturated rings. The molecule has 0 N–H and O–H groups in total. The van der Waals surface area contributed by atoms with Crippen LogP contribution >= 0.6 is 22.9 Å². The molecule has 1 aromatic heterocycles. The smallest absolute Gasteiger partial charge is 0.273 e. The number of ether oxygens (including phenoxy) is 1. The van der Waals surface area contributed by atoms with Crippen LogP contribution in [0.25, 0.3) is 0 Å². The first-order valence-corrected chi connectivity index (χ1v) is 10.4. The Kier molecular flexibility index (Phi) is 4.20. The normalized spacial score (nSPS) is 18.0. The van der Waals surface area contributed by atoms with Crippen molar-refractivity contribution < 1.29 is 13.2 Å². The minimum Gasteiger partial charge on any atom is -0.378 e. The van der Waals surface area contributed by atoms with Crippen molar-refractivity contribution in [1.82, 2.24) is 0 Å². The average Bonchev–Trinajstić information content (AvgIpc) is 3.22. The molecule has 4 rings (SSSR count). The zero-order valence-corrected chi connectivity index (χ0v) is 15.3. The summed E-state index contributed by atoms with van der Waals surface area (Å²) in [5.74, 6) is 0. The van der Waals surface area contributed by atoms with Gasteiger partial charge in [-0.05, 0) is 36.2 Å². The number of anilines is 2. The lowest BCUT2D eigenvalue weighted by molar-refractivity contribution is 0.122. The monoisotopic (exact) mass is 384 g/mol. The van der Waals surface area contributed by atoms with Crippen LogP contribution in [0, 0.1) is 0 Å². The number of rotatable bonds is 3. The molecule has 2 aliphatic rings. The van der Waals surface area contributed by atoms with E-state index < -0.39 is 10.0 Å². The number of morpholine rings is 1. The van der Waals surface area contributed by atoms with E-state index in [9.17, 15) is 8.42 Å². The largest absolute Gasteiger partial charge is 0.378 e. The second-order valence-corrected chi connectivity index (χ2v) is 9.60. The number of thiophene rings is 1. The van der Waals surface area contributed by atoms with Crippen molar-refractivity contribution >= 4 is 44.3 Å². The maximum atomic E-state index is 12.9. The summed E-state index contributed by atoms with van der Waals surface area (Å²) in [6.45, 7) is 3.53. The Bertz CT molecular complexity index is 860. The number of halogens is 1. The van der Waals surface area contributed by atoms with Gasteiger partial charge in [0.2, 0.25) is 0 Å². The number of hydrogen-bond donors (Lipinski definition) is 0. The van der Waals surface area contributed by atoms with Crippen LogP contribution in [0.4, 0.5) is 11.4 Å². The van der Waals surface area contributed by atoms with Gasteiger partial charge in [0.05, 0.1) is 23.2 Å². The summed E-state index contributed by atoms with van der Waals surface area (Å²) < 4.78 is 33.6. The molecule has 128 valence electrons. The first-order chi connectivity index (χ1) is 11.6. The highest BCUT2D eigenvalue weighted by molar-refractivity contribution is 7.94. The zero-order chi connectivity index (χ0) is 16.7. The zero-order valence-electron chi connectivity index (χ0n) is 12.9. The fourth-order valence-electron chi connectivity index (χ4n) is 3.15. The van der Waals surface area contributed by atoms with Gasteiger partial charge in [0, 0.05) is 25.3 Å².